The van der Waals surface area contributed by atoms with Crippen molar-refractivity contribution in [1.29, 1.82) is 0 Å². The Bertz CT molecular complexity index is 2740. The molecular weight excluding hydrogens is 528 g/mol. The number of benzene rings is 7. The zero-order valence-electron chi connectivity index (χ0n) is 22.9. The average Bonchev–Trinajstić information content (AvgIpc) is 3.76. The molecule has 0 saturated heterocycles. The Morgan fingerprint density at radius 3 is 2.07 bits per heavy atom. The van der Waals surface area contributed by atoms with E-state index >= 15 is 0 Å². The van der Waals surface area contributed by atoms with Crippen LogP contribution < -0.4 is 0 Å². The first-order valence-corrected chi connectivity index (χ1v) is 14.5. The highest BCUT2D eigenvalue weighted by Crippen LogP contribution is 2.41. The molecule has 0 aliphatic carbocycles. The maximum absolute atomic E-state index is 6.45. The molecule has 4 nitrogen and oxygen atoms in total. The third-order valence-electron chi connectivity index (χ3n) is 8.83. The third-order valence-corrected chi connectivity index (χ3v) is 8.83. The first-order valence-electron chi connectivity index (χ1n) is 14.5. The summed E-state index contributed by atoms with van der Waals surface area (Å²) in [6.07, 6.45) is 0. The maximum Gasteiger partial charge on any atom is 0.227 e. The summed E-state index contributed by atoms with van der Waals surface area (Å²) in [4.78, 5) is 5.08. The van der Waals surface area contributed by atoms with E-state index in [9.17, 15) is 0 Å². The number of aromatic nitrogens is 2. The lowest BCUT2D eigenvalue weighted by Crippen LogP contribution is -1.96. The Morgan fingerprint density at radius 1 is 0.442 bits per heavy atom. The fourth-order valence-corrected chi connectivity index (χ4v) is 6.98. The molecule has 0 saturated carbocycles. The van der Waals surface area contributed by atoms with Crippen molar-refractivity contribution in [3.8, 4) is 17.1 Å². The molecule has 0 aliphatic rings. The second kappa shape index (κ2) is 8.34. The average molecular weight is 551 g/mol. The maximum atomic E-state index is 6.45. The Morgan fingerprint density at radius 2 is 1.16 bits per heavy atom. The molecule has 200 valence electrons. The first-order chi connectivity index (χ1) is 21.3. The lowest BCUT2D eigenvalue weighted by Gasteiger charge is -2.13. The van der Waals surface area contributed by atoms with Crippen LogP contribution in [-0.2, 0) is 0 Å². The molecule has 0 N–H and O–H groups in total. The van der Waals surface area contributed by atoms with Crippen molar-refractivity contribution < 1.29 is 8.83 Å². The van der Waals surface area contributed by atoms with Crippen molar-refractivity contribution in [2.24, 2.45) is 0 Å². The SMILES string of the molecule is c1ccc2c(c1)ccc1c2c2ccccc2n1-c1ccc(-c2nc3c(ccc4oc5ccccc5c43)o2)c2ccccc12. The van der Waals surface area contributed by atoms with Gasteiger partial charge in [0.1, 0.15) is 16.7 Å². The van der Waals surface area contributed by atoms with Gasteiger partial charge in [0.2, 0.25) is 5.89 Å². The number of hydrogen-bond acceptors (Lipinski definition) is 3. The van der Waals surface area contributed by atoms with Gasteiger partial charge in [-0.1, -0.05) is 91.0 Å². The summed E-state index contributed by atoms with van der Waals surface area (Å²) in [5.41, 5.74) is 7.69. The quantitative estimate of drug-likeness (QED) is 0.215. The van der Waals surface area contributed by atoms with Crippen LogP contribution in [-0.4, -0.2) is 9.55 Å². The van der Waals surface area contributed by atoms with Gasteiger partial charge >= 0.3 is 0 Å². The van der Waals surface area contributed by atoms with Crippen LogP contribution in [0.15, 0.2) is 142 Å². The van der Waals surface area contributed by atoms with Gasteiger partial charge < -0.3 is 13.4 Å². The van der Waals surface area contributed by atoms with Crippen LogP contribution in [0.25, 0.3) is 93.5 Å². The number of rotatable bonds is 2. The van der Waals surface area contributed by atoms with Crippen LogP contribution in [0, 0.1) is 0 Å². The summed E-state index contributed by atoms with van der Waals surface area (Å²) < 4.78 is 15.0. The summed E-state index contributed by atoms with van der Waals surface area (Å²) >= 11 is 0. The minimum atomic E-state index is 0.601. The number of furan rings is 1. The Labute approximate surface area is 245 Å². The van der Waals surface area contributed by atoms with E-state index in [2.05, 4.69) is 108 Å². The molecule has 10 aromatic rings. The van der Waals surface area contributed by atoms with Crippen molar-refractivity contribution >= 4 is 76.4 Å². The lowest BCUT2D eigenvalue weighted by molar-refractivity contribution is 0.620. The second-order valence-electron chi connectivity index (χ2n) is 11.1. The van der Waals surface area contributed by atoms with E-state index in [1.54, 1.807) is 0 Å². The number of fused-ring (bicyclic) bond motifs is 11. The standard InChI is InChI=1S/C39H22N2O2/c1-2-10-24-23(9-1)17-19-32-36(24)28-13-5-7-15-30(28)41(32)31-20-18-27(25-11-3-4-12-26(25)31)39-40-38-35(43-39)22-21-34-37(38)29-14-6-8-16-33(29)42-34/h1-22H. The first kappa shape index (κ1) is 22.8. The number of oxazole rings is 1. The summed E-state index contributed by atoms with van der Waals surface area (Å²) in [5, 5.41) is 9.29. The molecule has 10 rings (SSSR count). The molecule has 0 radical (unpaired) electrons. The van der Waals surface area contributed by atoms with E-state index in [-0.39, 0.29) is 0 Å². The fraction of sp³-hybridized carbons (Fsp3) is 0. The molecule has 0 amide bonds. The summed E-state index contributed by atoms with van der Waals surface area (Å²) in [6, 6.07) is 46.7. The highest BCUT2D eigenvalue weighted by atomic mass is 16.4. The van der Waals surface area contributed by atoms with Crippen molar-refractivity contribution in [1.82, 2.24) is 9.55 Å². The van der Waals surface area contributed by atoms with Crippen LogP contribution in [0.1, 0.15) is 0 Å². The molecule has 0 spiro atoms. The highest BCUT2D eigenvalue weighted by molar-refractivity contribution is 6.22. The monoisotopic (exact) mass is 550 g/mol. The van der Waals surface area contributed by atoms with Crippen LogP contribution in [0.3, 0.4) is 0 Å². The van der Waals surface area contributed by atoms with Gasteiger partial charge in [0.25, 0.3) is 0 Å². The molecule has 0 bridgehead atoms. The molecule has 0 unspecified atom stereocenters. The Kier molecular flexibility index (Phi) is 4.42. The van der Waals surface area contributed by atoms with Gasteiger partial charge in [-0.05, 0) is 58.6 Å². The minimum absolute atomic E-state index is 0.601. The van der Waals surface area contributed by atoms with Crippen molar-refractivity contribution in [2.75, 3.05) is 0 Å². The van der Waals surface area contributed by atoms with Gasteiger partial charge in [0.15, 0.2) is 5.58 Å². The molecule has 7 aromatic carbocycles. The van der Waals surface area contributed by atoms with Gasteiger partial charge in [-0.3, -0.25) is 0 Å². The van der Waals surface area contributed by atoms with E-state index < -0.39 is 0 Å². The molecule has 4 heteroatoms. The number of para-hydroxylation sites is 2. The van der Waals surface area contributed by atoms with Gasteiger partial charge in [0.05, 0.1) is 22.1 Å². The van der Waals surface area contributed by atoms with E-state index in [1.807, 2.05) is 30.3 Å². The molecule has 3 heterocycles. The summed E-state index contributed by atoms with van der Waals surface area (Å²) in [5.74, 6) is 0.601. The largest absolute Gasteiger partial charge is 0.456 e. The van der Waals surface area contributed by atoms with Crippen LogP contribution in [0.4, 0.5) is 0 Å². The normalized spacial score (nSPS) is 12.2. The minimum Gasteiger partial charge on any atom is -0.456 e. The van der Waals surface area contributed by atoms with Gasteiger partial charge in [-0.15, -0.1) is 0 Å². The summed E-state index contributed by atoms with van der Waals surface area (Å²) in [6.45, 7) is 0. The molecule has 0 fully saturated rings. The zero-order chi connectivity index (χ0) is 28.1. The fourth-order valence-electron chi connectivity index (χ4n) is 6.98. The Balaban J connectivity index is 1.26. The molecular formula is C39H22N2O2. The predicted octanol–water partition coefficient (Wildman–Crippen LogP) is 10.8. The van der Waals surface area contributed by atoms with E-state index in [0.29, 0.717) is 5.89 Å². The molecule has 43 heavy (non-hydrogen) atoms. The van der Waals surface area contributed by atoms with Gasteiger partial charge in [0, 0.05) is 27.1 Å². The van der Waals surface area contributed by atoms with E-state index in [1.165, 1.54) is 32.6 Å². The van der Waals surface area contributed by atoms with Crippen molar-refractivity contribution in [3.05, 3.63) is 133 Å². The number of nitrogens with zero attached hydrogens (tertiary/aromatic N) is 2. The van der Waals surface area contributed by atoms with Crippen molar-refractivity contribution in [3.63, 3.8) is 0 Å². The van der Waals surface area contributed by atoms with Gasteiger partial charge in [-0.25, -0.2) is 4.98 Å². The second-order valence-corrected chi connectivity index (χ2v) is 11.1. The molecule has 0 atom stereocenters. The van der Waals surface area contributed by atoms with Crippen LogP contribution >= 0.6 is 0 Å². The van der Waals surface area contributed by atoms with Crippen LogP contribution in [0.5, 0.6) is 0 Å². The van der Waals surface area contributed by atoms with E-state index in [0.717, 1.165) is 55.1 Å². The highest BCUT2D eigenvalue weighted by Gasteiger charge is 2.20. The van der Waals surface area contributed by atoms with E-state index in [4.69, 9.17) is 13.8 Å². The molecule has 0 aliphatic heterocycles. The smallest absolute Gasteiger partial charge is 0.227 e. The summed E-state index contributed by atoms with van der Waals surface area (Å²) in [7, 11) is 0. The number of hydrogen-bond donors (Lipinski definition) is 0. The zero-order valence-corrected chi connectivity index (χ0v) is 22.9. The lowest BCUT2D eigenvalue weighted by atomic mass is 10.0. The topological polar surface area (TPSA) is 44.1 Å². The van der Waals surface area contributed by atoms with Crippen LogP contribution in [0.2, 0.25) is 0 Å². The Hall–Kier alpha value is -5.87. The third kappa shape index (κ3) is 3.07. The van der Waals surface area contributed by atoms with Crippen molar-refractivity contribution in [2.45, 2.75) is 0 Å². The predicted molar refractivity (Wildman–Crippen MR) is 176 cm³/mol. The van der Waals surface area contributed by atoms with Gasteiger partial charge in [-0.2, -0.15) is 0 Å². The molecule has 3 aromatic heterocycles.